The summed E-state index contributed by atoms with van der Waals surface area (Å²) >= 11 is 0. The predicted molar refractivity (Wildman–Crippen MR) is 102 cm³/mol. The van der Waals surface area contributed by atoms with E-state index >= 15 is 0 Å². The van der Waals surface area contributed by atoms with Gasteiger partial charge in [0.15, 0.2) is 0 Å². The van der Waals surface area contributed by atoms with Gasteiger partial charge in [-0.2, -0.15) is 0 Å². The minimum Gasteiger partial charge on any atom is -0.492 e. The molecule has 0 aromatic heterocycles. The molecule has 0 unspecified atom stereocenters. The molecule has 2 aromatic carbocycles. The highest BCUT2D eigenvalue weighted by Gasteiger charge is 2.23. The predicted octanol–water partition coefficient (Wildman–Crippen LogP) is 3.06. The lowest BCUT2D eigenvalue weighted by molar-refractivity contribution is -0.116. The van der Waals surface area contributed by atoms with Crippen LogP contribution in [0.25, 0.3) is 0 Å². The Hall–Kier alpha value is -2.82. The van der Waals surface area contributed by atoms with Crippen LogP contribution in [0.15, 0.2) is 42.5 Å². The molecule has 5 heteroatoms. The Balaban J connectivity index is 1.59. The molecule has 0 radical (unpaired) electrons. The summed E-state index contributed by atoms with van der Waals surface area (Å²) in [6.45, 7) is 5.21. The van der Waals surface area contributed by atoms with Gasteiger partial charge in [0.05, 0.1) is 6.54 Å². The number of aryl methyl sites for hydroxylation is 1. The first kappa shape index (κ1) is 18.0. The molecular formula is C21H24N2O3. The van der Waals surface area contributed by atoms with Crippen molar-refractivity contribution in [1.29, 1.82) is 0 Å². The van der Waals surface area contributed by atoms with Crippen molar-refractivity contribution in [2.24, 2.45) is 0 Å². The third kappa shape index (κ3) is 3.87. The van der Waals surface area contributed by atoms with E-state index in [9.17, 15) is 9.59 Å². The van der Waals surface area contributed by atoms with Crippen LogP contribution in [0.2, 0.25) is 0 Å². The van der Waals surface area contributed by atoms with Crippen LogP contribution in [0.5, 0.6) is 5.75 Å². The summed E-state index contributed by atoms with van der Waals surface area (Å²) in [5, 5.41) is 0. The highest BCUT2D eigenvalue weighted by molar-refractivity contribution is 5.97. The topological polar surface area (TPSA) is 49.9 Å². The second-order valence-electron chi connectivity index (χ2n) is 6.66. The molecule has 1 heterocycles. The third-order valence-electron chi connectivity index (χ3n) is 4.63. The molecule has 0 fully saturated rings. The van der Waals surface area contributed by atoms with E-state index in [-0.39, 0.29) is 11.8 Å². The fraction of sp³-hybridized carbons (Fsp3) is 0.333. The molecule has 0 N–H and O–H groups in total. The molecule has 0 aliphatic carbocycles. The number of anilines is 1. The maximum Gasteiger partial charge on any atom is 0.253 e. The van der Waals surface area contributed by atoms with Gasteiger partial charge in [-0.25, -0.2) is 0 Å². The zero-order chi connectivity index (χ0) is 18.7. The molecule has 3 rings (SSSR count). The number of amides is 2. The van der Waals surface area contributed by atoms with E-state index < -0.39 is 0 Å². The summed E-state index contributed by atoms with van der Waals surface area (Å²) in [5.41, 5.74) is 3.76. The van der Waals surface area contributed by atoms with Gasteiger partial charge in [0.2, 0.25) is 5.91 Å². The molecular weight excluding hydrogens is 328 g/mol. The summed E-state index contributed by atoms with van der Waals surface area (Å²) in [6, 6.07) is 13.4. The molecule has 2 amide bonds. The van der Waals surface area contributed by atoms with E-state index in [1.807, 2.05) is 43.3 Å². The quantitative estimate of drug-likeness (QED) is 0.831. The normalized spacial score (nSPS) is 12.7. The highest BCUT2D eigenvalue weighted by atomic mass is 16.5. The van der Waals surface area contributed by atoms with Gasteiger partial charge in [-0.05, 0) is 54.8 Å². The van der Waals surface area contributed by atoms with E-state index in [1.165, 1.54) is 0 Å². The number of carbonyl (C=O) groups excluding carboxylic acids is 2. The zero-order valence-electron chi connectivity index (χ0n) is 15.5. The van der Waals surface area contributed by atoms with Crippen molar-refractivity contribution in [1.82, 2.24) is 4.90 Å². The molecule has 5 nitrogen and oxygen atoms in total. The second-order valence-corrected chi connectivity index (χ2v) is 6.66. The molecule has 26 heavy (non-hydrogen) atoms. The molecule has 136 valence electrons. The van der Waals surface area contributed by atoms with E-state index in [1.54, 1.807) is 29.8 Å². The number of hydrogen-bond donors (Lipinski definition) is 0. The Morgan fingerprint density at radius 1 is 1.19 bits per heavy atom. The van der Waals surface area contributed by atoms with Crippen LogP contribution in [0.4, 0.5) is 5.69 Å². The Kier molecular flexibility index (Phi) is 5.26. The SMILES string of the molecule is CC(=O)N1CCc2cc(C(=O)N(C)CCOc3cccc(C)c3)ccc21. The maximum absolute atomic E-state index is 12.6. The van der Waals surface area contributed by atoms with Crippen molar-refractivity contribution in [2.75, 3.05) is 31.6 Å². The van der Waals surface area contributed by atoms with Gasteiger partial charge in [0.1, 0.15) is 12.4 Å². The summed E-state index contributed by atoms with van der Waals surface area (Å²) < 4.78 is 5.72. The van der Waals surface area contributed by atoms with Crippen molar-refractivity contribution in [3.05, 3.63) is 59.2 Å². The van der Waals surface area contributed by atoms with Crippen LogP contribution in [0, 0.1) is 6.92 Å². The molecule has 0 saturated carbocycles. The molecule has 1 aliphatic rings. The van der Waals surface area contributed by atoms with Crippen LogP contribution < -0.4 is 9.64 Å². The van der Waals surface area contributed by atoms with Crippen LogP contribution >= 0.6 is 0 Å². The lowest BCUT2D eigenvalue weighted by Gasteiger charge is -2.19. The average molecular weight is 352 g/mol. The van der Waals surface area contributed by atoms with E-state index in [0.717, 1.165) is 29.0 Å². The average Bonchev–Trinajstić information content (AvgIpc) is 3.04. The summed E-state index contributed by atoms with van der Waals surface area (Å²) in [7, 11) is 1.77. The third-order valence-corrected chi connectivity index (χ3v) is 4.63. The molecule has 0 atom stereocenters. The zero-order valence-corrected chi connectivity index (χ0v) is 15.5. The Morgan fingerprint density at radius 3 is 2.73 bits per heavy atom. The molecule has 0 bridgehead atoms. The van der Waals surface area contributed by atoms with Gasteiger partial charge in [-0.15, -0.1) is 0 Å². The smallest absolute Gasteiger partial charge is 0.253 e. The van der Waals surface area contributed by atoms with Gasteiger partial charge >= 0.3 is 0 Å². The summed E-state index contributed by atoms with van der Waals surface area (Å²) in [5.74, 6) is 0.808. The van der Waals surface area contributed by atoms with Gasteiger partial charge < -0.3 is 14.5 Å². The van der Waals surface area contributed by atoms with Gasteiger partial charge in [-0.1, -0.05) is 12.1 Å². The first-order valence-electron chi connectivity index (χ1n) is 8.81. The Labute approximate surface area is 154 Å². The largest absolute Gasteiger partial charge is 0.492 e. The molecule has 1 aliphatic heterocycles. The lowest BCUT2D eigenvalue weighted by Crippen LogP contribution is -2.31. The van der Waals surface area contributed by atoms with Crippen molar-refractivity contribution >= 4 is 17.5 Å². The monoisotopic (exact) mass is 352 g/mol. The van der Waals surface area contributed by atoms with Crippen molar-refractivity contribution in [3.8, 4) is 5.75 Å². The van der Waals surface area contributed by atoms with Crippen LogP contribution in [-0.2, 0) is 11.2 Å². The van der Waals surface area contributed by atoms with Crippen molar-refractivity contribution < 1.29 is 14.3 Å². The van der Waals surface area contributed by atoms with Gasteiger partial charge in [0, 0.05) is 31.8 Å². The molecule has 0 spiro atoms. The van der Waals surface area contributed by atoms with Crippen LogP contribution in [0.3, 0.4) is 0 Å². The number of likely N-dealkylation sites (N-methyl/N-ethyl adjacent to an activating group) is 1. The highest BCUT2D eigenvalue weighted by Crippen LogP contribution is 2.29. The second kappa shape index (κ2) is 7.60. The molecule has 2 aromatic rings. The van der Waals surface area contributed by atoms with Gasteiger partial charge in [-0.3, -0.25) is 9.59 Å². The Morgan fingerprint density at radius 2 is 2.00 bits per heavy atom. The number of ether oxygens (including phenoxy) is 1. The number of carbonyl (C=O) groups is 2. The van der Waals surface area contributed by atoms with E-state index in [0.29, 0.717) is 25.3 Å². The van der Waals surface area contributed by atoms with Crippen molar-refractivity contribution in [2.45, 2.75) is 20.3 Å². The minimum absolute atomic E-state index is 0.0354. The number of fused-ring (bicyclic) bond motifs is 1. The first-order valence-corrected chi connectivity index (χ1v) is 8.81. The number of nitrogens with zero attached hydrogens (tertiary/aromatic N) is 2. The van der Waals surface area contributed by atoms with Crippen LogP contribution in [0.1, 0.15) is 28.4 Å². The first-order chi connectivity index (χ1) is 12.5. The van der Waals surface area contributed by atoms with E-state index in [4.69, 9.17) is 4.74 Å². The molecule has 0 saturated heterocycles. The minimum atomic E-state index is -0.0399. The fourth-order valence-corrected chi connectivity index (χ4v) is 3.19. The number of benzene rings is 2. The standard InChI is InChI=1S/C21H24N2O3/c1-15-5-4-6-19(13-15)26-12-11-22(3)21(25)18-7-8-20-17(14-18)9-10-23(20)16(2)24/h4-8,13-14H,9-12H2,1-3H3. The Bertz CT molecular complexity index is 832. The lowest BCUT2D eigenvalue weighted by atomic mass is 10.1. The van der Waals surface area contributed by atoms with Crippen LogP contribution in [-0.4, -0.2) is 43.5 Å². The maximum atomic E-state index is 12.6. The number of rotatable bonds is 5. The number of hydrogen-bond acceptors (Lipinski definition) is 3. The van der Waals surface area contributed by atoms with Gasteiger partial charge in [0.25, 0.3) is 5.91 Å². The summed E-state index contributed by atoms with van der Waals surface area (Å²) in [6.07, 6.45) is 0.788. The fourth-order valence-electron chi connectivity index (χ4n) is 3.19. The van der Waals surface area contributed by atoms with Crippen molar-refractivity contribution in [3.63, 3.8) is 0 Å². The van der Waals surface area contributed by atoms with E-state index in [2.05, 4.69) is 0 Å². The summed E-state index contributed by atoms with van der Waals surface area (Å²) in [4.78, 5) is 27.7.